The molecule has 4 rings (SSSR count). The highest BCUT2D eigenvalue weighted by molar-refractivity contribution is 6.33. The van der Waals surface area contributed by atoms with Gasteiger partial charge in [-0.05, 0) is 23.8 Å². The second-order valence-electron chi connectivity index (χ2n) is 8.59. The molecule has 1 aliphatic heterocycles. The molecule has 0 bridgehead atoms. The summed E-state index contributed by atoms with van der Waals surface area (Å²) in [5.74, 6) is 0.717. The smallest absolute Gasteiger partial charge is 0.121 e. The van der Waals surface area contributed by atoms with Crippen LogP contribution in [0.25, 0.3) is 0 Å². The molecule has 0 radical (unpaired) electrons. The molecule has 7 nitrogen and oxygen atoms in total. The largest absolute Gasteiger partial charge is 0.491 e. The minimum Gasteiger partial charge on any atom is -0.491 e. The van der Waals surface area contributed by atoms with Crippen LogP contribution in [0.3, 0.4) is 0 Å². The number of pyridine rings is 1. The van der Waals surface area contributed by atoms with Gasteiger partial charge in [-0.3, -0.25) is 9.88 Å². The van der Waals surface area contributed by atoms with Crippen LogP contribution in [0.15, 0.2) is 66.9 Å². The Morgan fingerprint density at radius 3 is 2.60 bits per heavy atom. The minimum atomic E-state index is -0.662. The van der Waals surface area contributed by atoms with Crippen molar-refractivity contribution in [3.05, 3.63) is 88.7 Å². The number of nitrogens with zero attached hydrogens (tertiary/aromatic N) is 3. The van der Waals surface area contributed by atoms with Crippen molar-refractivity contribution in [3.8, 4) is 5.75 Å². The fourth-order valence-electron chi connectivity index (χ4n) is 4.38. The summed E-state index contributed by atoms with van der Waals surface area (Å²) in [6, 6.07) is 19.8. The van der Waals surface area contributed by atoms with Crippen LogP contribution in [0, 0.1) is 0 Å². The Hall–Kier alpha value is -2.68. The zero-order chi connectivity index (χ0) is 24.6. The van der Waals surface area contributed by atoms with Crippen LogP contribution in [-0.4, -0.2) is 66.6 Å². The van der Waals surface area contributed by atoms with Gasteiger partial charge in [-0.1, -0.05) is 48.0 Å². The van der Waals surface area contributed by atoms with E-state index in [0.717, 1.165) is 36.6 Å². The fourth-order valence-corrected chi connectivity index (χ4v) is 4.66. The van der Waals surface area contributed by atoms with Crippen molar-refractivity contribution in [2.24, 2.45) is 0 Å². The fraction of sp³-hybridized carbons (Fsp3) is 0.370. The topological polar surface area (TPSA) is 78.3 Å². The van der Waals surface area contributed by atoms with Crippen LogP contribution < -0.4 is 9.64 Å². The molecule has 1 aliphatic rings. The number of aliphatic hydroxyl groups excluding tert-OH is 2. The van der Waals surface area contributed by atoms with Crippen molar-refractivity contribution in [1.82, 2.24) is 9.88 Å². The van der Waals surface area contributed by atoms with Gasteiger partial charge in [0.1, 0.15) is 12.4 Å². The highest BCUT2D eigenvalue weighted by atomic mass is 35.5. The van der Waals surface area contributed by atoms with Gasteiger partial charge in [0.25, 0.3) is 0 Å². The van der Waals surface area contributed by atoms with E-state index in [2.05, 4.69) is 26.9 Å². The molecule has 8 heteroatoms. The lowest BCUT2D eigenvalue weighted by molar-refractivity contribution is 0.100. The van der Waals surface area contributed by atoms with Crippen molar-refractivity contribution in [3.63, 3.8) is 0 Å². The van der Waals surface area contributed by atoms with Crippen molar-refractivity contribution >= 4 is 17.3 Å². The monoisotopic (exact) mass is 497 g/mol. The molecule has 0 aliphatic carbocycles. The number of ether oxygens (including phenoxy) is 2. The second-order valence-corrected chi connectivity index (χ2v) is 9.00. The van der Waals surface area contributed by atoms with E-state index < -0.39 is 6.10 Å². The molecular weight excluding hydrogens is 466 g/mol. The first kappa shape index (κ1) is 25.4. The van der Waals surface area contributed by atoms with Gasteiger partial charge in [-0.15, -0.1) is 0 Å². The zero-order valence-corrected chi connectivity index (χ0v) is 20.6. The van der Waals surface area contributed by atoms with Crippen molar-refractivity contribution in [2.75, 3.05) is 51.4 Å². The average Bonchev–Trinajstić information content (AvgIpc) is 2.90. The second kappa shape index (κ2) is 12.3. The van der Waals surface area contributed by atoms with Crippen molar-refractivity contribution in [1.29, 1.82) is 0 Å². The van der Waals surface area contributed by atoms with E-state index in [1.165, 1.54) is 5.56 Å². The highest BCUT2D eigenvalue weighted by Crippen LogP contribution is 2.37. The lowest BCUT2D eigenvalue weighted by Gasteiger charge is -2.44. The number of benzene rings is 2. The van der Waals surface area contributed by atoms with Crippen LogP contribution in [0.1, 0.15) is 29.0 Å². The van der Waals surface area contributed by atoms with Gasteiger partial charge in [0.2, 0.25) is 0 Å². The van der Waals surface area contributed by atoms with E-state index in [1.54, 1.807) is 19.4 Å². The molecular formula is C27H32ClN3O4. The number of aromatic nitrogens is 1. The van der Waals surface area contributed by atoms with Crippen LogP contribution in [-0.2, 0) is 11.3 Å². The van der Waals surface area contributed by atoms with Gasteiger partial charge < -0.3 is 24.6 Å². The number of anilines is 1. The molecule has 0 saturated carbocycles. The zero-order valence-electron chi connectivity index (χ0n) is 19.9. The first-order chi connectivity index (χ1) is 17.1. The molecule has 2 heterocycles. The lowest BCUT2D eigenvalue weighted by Crippen LogP contribution is -2.49. The Kier molecular flexibility index (Phi) is 8.95. The van der Waals surface area contributed by atoms with Gasteiger partial charge >= 0.3 is 0 Å². The van der Waals surface area contributed by atoms with E-state index in [4.69, 9.17) is 21.1 Å². The highest BCUT2D eigenvalue weighted by Gasteiger charge is 2.30. The van der Waals surface area contributed by atoms with Gasteiger partial charge in [-0.25, -0.2) is 0 Å². The standard InChI is InChI=1S/C27H32ClN3O4/c1-34-13-14-35-23-9-10-25(24(28)15-23)31-12-11-30(17-26(31)20-5-3-2-4-6-20)18-27(33)21-7-8-22(19-32)29-16-21/h2-10,15-16,26-27,32-33H,11-14,17-19H2,1H3/t26?,27-/m1/s1. The number of aliphatic hydroxyl groups is 2. The maximum Gasteiger partial charge on any atom is 0.121 e. The first-order valence-corrected chi connectivity index (χ1v) is 12.2. The summed E-state index contributed by atoms with van der Waals surface area (Å²) in [4.78, 5) is 8.80. The molecule has 0 spiro atoms. The third-order valence-electron chi connectivity index (χ3n) is 6.26. The normalized spacial score (nSPS) is 17.4. The molecule has 35 heavy (non-hydrogen) atoms. The van der Waals surface area contributed by atoms with Gasteiger partial charge in [0, 0.05) is 51.1 Å². The summed E-state index contributed by atoms with van der Waals surface area (Å²) in [7, 11) is 1.64. The SMILES string of the molecule is COCCOc1ccc(N2CCN(C[C@@H](O)c3ccc(CO)nc3)CC2c2ccccc2)c(Cl)c1. The van der Waals surface area contributed by atoms with E-state index in [-0.39, 0.29) is 12.6 Å². The number of halogens is 1. The quantitative estimate of drug-likeness (QED) is 0.412. The summed E-state index contributed by atoms with van der Waals surface area (Å²) in [5.41, 5.74) is 3.49. The van der Waals surface area contributed by atoms with Crippen LogP contribution in [0.5, 0.6) is 5.75 Å². The molecule has 1 saturated heterocycles. The molecule has 3 aromatic rings. The molecule has 1 aromatic heterocycles. The lowest BCUT2D eigenvalue weighted by atomic mass is 10.0. The molecule has 2 N–H and O–H groups in total. The summed E-state index contributed by atoms with van der Waals surface area (Å²) in [6.07, 6.45) is 0.974. The predicted molar refractivity (Wildman–Crippen MR) is 137 cm³/mol. The Labute approximate surface area is 211 Å². The summed E-state index contributed by atoms with van der Waals surface area (Å²) in [5, 5.41) is 20.7. The van der Waals surface area contributed by atoms with Gasteiger partial charge in [-0.2, -0.15) is 0 Å². The van der Waals surface area contributed by atoms with Gasteiger partial charge in [0.05, 0.1) is 41.8 Å². The average molecular weight is 498 g/mol. The predicted octanol–water partition coefficient (Wildman–Crippen LogP) is 3.85. The molecule has 186 valence electrons. The summed E-state index contributed by atoms with van der Waals surface area (Å²) in [6.45, 7) is 3.66. The molecule has 2 atom stereocenters. The molecule has 1 fully saturated rings. The Morgan fingerprint density at radius 2 is 1.91 bits per heavy atom. The van der Waals surface area contributed by atoms with Crippen LogP contribution in [0.2, 0.25) is 5.02 Å². The molecule has 1 unspecified atom stereocenters. The van der Waals surface area contributed by atoms with Gasteiger partial charge in [0.15, 0.2) is 0 Å². The number of methoxy groups -OCH3 is 1. The number of hydrogen-bond acceptors (Lipinski definition) is 7. The van der Waals surface area contributed by atoms with E-state index in [1.807, 2.05) is 42.5 Å². The third-order valence-corrected chi connectivity index (χ3v) is 6.56. The van der Waals surface area contributed by atoms with E-state index in [9.17, 15) is 10.2 Å². The number of rotatable bonds is 10. The number of β-amino-alcohol motifs (C(OH)–C–C–N with tert-alkyl or cyclic N) is 1. The molecule has 0 amide bonds. The molecule has 2 aromatic carbocycles. The van der Waals surface area contributed by atoms with Crippen molar-refractivity contribution < 1.29 is 19.7 Å². The van der Waals surface area contributed by atoms with E-state index in [0.29, 0.717) is 30.5 Å². The Morgan fingerprint density at radius 1 is 1.09 bits per heavy atom. The van der Waals surface area contributed by atoms with Crippen LogP contribution in [0.4, 0.5) is 5.69 Å². The maximum absolute atomic E-state index is 10.8. The first-order valence-electron chi connectivity index (χ1n) is 11.8. The summed E-state index contributed by atoms with van der Waals surface area (Å²) >= 11 is 6.72. The Bertz CT molecular complexity index is 1070. The maximum atomic E-state index is 10.8. The van der Waals surface area contributed by atoms with Crippen molar-refractivity contribution in [2.45, 2.75) is 18.8 Å². The third kappa shape index (κ3) is 6.51. The minimum absolute atomic E-state index is 0.0739. The van der Waals surface area contributed by atoms with E-state index >= 15 is 0 Å². The Balaban J connectivity index is 1.50. The number of piperazine rings is 1. The summed E-state index contributed by atoms with van der Waals surface area (Å²) < 4.78 is 10.8. The number of hydrogen-bond donors (Lipinski definition) is 2. The van der Waals surface area contributed by atoms with Crippen LogP contribution >= 0.6 is 11.6 Å².